The molecule has 1 aromatic carbocycles. The number of aryl methyl sites for hydroxylation is 1. The molecular formula is C14H15FN2O3. The molecule has 1 heterocycles. The van der Waals surface area contributed by atoms with E-state index in [4.69, 9.17) is 0 Å². The summed E-state index contributed by atoms with van der Waals surface area (Å²) < 4.78 is 14.0. The number of nitrogens with zero attached hydrogens (tertiary/aromatic N) is 1. The lowest BCUT2D eigenvalue weighted by Crippen LogP contribution is -2.65. The van der Waals surface area contributed by atoms with E-state index in [0.29, 0.717) is 5.56 Å². The Balaban J connectivity index is 2.43. The van der Waals surface area contributed by atoms with Crippen LogP contribution in [0.15, 0.2) is 18.2 Å². The van der Waals surface area contributed by atoms with Gasteiger partial charge in [0.2, 0.25) is 5.91 Å². The maximum atomic E-state index is 14.0. The Labute approximate surface area is 115 Å². The van der Waals surface area contributed by atoms with E-state index < -0.39 is 29.1 Å². The Morgan fingerprint density at radius 2 is 2.00 bits per heavy atom. The van der Waals surface area contributed by atoms with Crippen LogP contribution in [0.25, 0.3) is 0 Å². The van der Waals surface area contributed by atoms with Crippen molar-refractivity contribution in [3.05, 3.63) is 35.1 Å². The minimum atomic E-state index is -1.21. The average molecular weight is 278 g/mol. The molecule has 0 aliphatic carbocycles. The first-order valence-electron chi connectivity index (χ1n) is 6.16. The summed E-state index contributed by atoms with van der Waals surface area (Å²) in [5.41, 5.74) is -1.01. The molecular weight excluding hydrogens is 263 g/mol. The second-order valence-corrected chi connectivity index (χ2v) is 5.26. The highest BCUT2D eigenvalue weighted by Crippen LogP contribution is 2.23. The Morgan fingerprint density at radius 1 is 1.35 bits per heavy atom. The van der Waals surface area contributed by atoms with E-state index in [1.807, 2.05) is 0 Å². The molecule has 1 N–H and O–H groups in total. The van der Waals surface area contributed by atoms with Crippen molar-refractivity contribution in [2.24, 2.45) is 0 Å². The van der Waals surface area contributed by atoms with Crippen LogP contribution in [-0.4, -0.2) is 34.7 Å². The molecule has 5 nitrogen and oxygen atoms in total. The number of nitrogens with one attached hydrogen (secondary N) is 1. The first-order valence-corrected chi connectivity index (χ1v) is 6.16. The summed E-state index contributed by atoms with van der Waals surface area (Å²) >= 11 is 0. The molecule has 0 unspecified atom stereocenters. The molecule has 0 saturated carbocycles. The van der Waals surface area contributed by atoms with Gasteiger partial charge in [-0.25, -0.2) is 4.39 Å². The number of imide groups is 1. The molecule has 3 amide bonds. The lowest BCUT2D eigenvalue weighted by atomic mass is 9.97. The van der Waals surface area contributed by atoms with E-state index in [9.17, 15) is 18.8 Å². The van der Waals surface area contributed by atoms with E-state index in [-0.39, 0.29) is 12.1 Å². The second-order valence-electron chi connectivity index (χ2n) is 5.26. The quantitative estimate of drug-likeness (QED) is 0.780. The number of halogens is 1. The fourth-order valence-corrected chi connectivity index (χ4v) is 2.07. The van der Waals surface area contributed by atoms with Crippen LogP contribution in [0.1, 0.15) is 29.8 Å². The zero-order valence-electron chi connectivity index (χ0n) is 11.5. The number of piperazine rings is 1. The highest BCUT2D eigenvalue weighted by atomic mass is 19.1. The van der Waals surface area contributed by atoms with Crippen molar-refractivity contribution in [1.82, 2.24) is 10.2 Å². The van der Waals surface area contributed by atoms with Crippen LogP contribution in [0.3, 0.4) is 0 Å². The van der Waals surface area contributed by atoms with Crippen LogP contribution in [0.5, 0.6) is 0 Å². The Morgan fingerprint density at radius 3 is 2.65 bits per heavy atom. The first-order chi connectivity index (χ1) is 9.25. The molecule has 1 fully saturated rings. The highest BCUT2D eigenvalue weighted by Gasteiger charge is 2.44. The number of rotatable bonds is 1. The standard InChI is InChI=1S/C14H15FN2O3/c1-8-5-4-6-9(11(8)15)12(19)17-7-10(18)16-13(20)14(17,2)3/h4-6H,7H2,1-3H3,(H,16,18,20). The second kappa shape index (κ2) is 4.70. The largest absolute Gasteiger partial charge is 0.315 e. The molecule has 1 aromatic rings. The van der Waals surface area contributed by atoms with Gasteiger partial charge in [0.05, 0.1) is 5.56 Å². The topological polar surface area (TPSA) is 66.5 Å². The summed E-state index contributed by atoms with van der Waals surface area (Å²) in [6, 6.07) is 4.45. The smallest absolute Gasteiger partial charge is 0.258 e. The third kappa shape index (κ3) is 2.17. The number of hydrogen-bond donors (Lipinski definition) is 1. The van der Waals surface area contributed by atoms with Crippen molar-refractivity contribution in [3.8, 4) is 0 Å². The van der Waals surface area contributed by atoms with Gasteiger partial charge in [-0.05, 0) is 32.4 Å². The maximum absolute atomic E-state index is 14.0. The van der Waals surface area contributed by atoms with Gasteiger partial charge in [-0.15, -0.1) is 0 Å². The number of amides is 3. The van der Waals surface area contributed by atoms with Gasteiger partial charge in [0.25, 0.3) is 11.8 Å². The van der Waals surface area contributed by atoms with Crippen LogP contribution in [0.4, 0.5) is 4.39 Å². The third-order valence-electron chi connectivity index (χ3n) is 3.45. The third-order valence-corrected chi connectivity index (χ3v) is 3.45. The molecule has 1 aliphatic heterocycles. The Hall–Kier alpha value is -2.24. The van der Waals surface area contributed by atoms with E-state index in [1.165, 1.54) is 19.9 Å². The van der Waals surface area contributed by atoms with Crippen molar-refractivity contribution >= 4 is 17.7 Å². The summed E-state index contributed by atoms with van der Waals surface area (Å²) in [4.78, 5) is 36.8. The van der Waals surface area contributed by atoms with Gasteiger partial charge in [-0.2, -0.15) is 0 Å². The van der Waals surface area contributed by atoms with Crippen molar-refractivity contribution < 1.29 is 18.8 Å². The number of benzene rings is 1. The minimum Gasteiger partial charge on any atom is -0.315 e. The predicted octanol–water partition coefficient (Wildman–Crippen LogP) is 1.01. The number of carbonyl (C=O) groups excluding carboxylic acids is 3. The lowest BCUT2D eigenvalue weighted by Gasteiger charge is -2.40. The Bertz CT molecular complexity index is 610. The van der Waals surface area contributed by atoms with Crippen molar-refractivity contribution in [2.75, 3.05) is 6.54 Å². The molecule has 1 aliphatic rings. The monoisotopic (exact) mass is 278 g/mol. The average Bonchev–Trinajstić information content (AvgIpc) is 2.37. The normalized spacial score (nSPS) is 17.9. The molecule has 2 rings (SSSR count). The molecule has 0 atom stereocenters. The van der Waals surface area contributed by atoms with Gasteiger partial charge in [0.15, 0.2) is 0 Å². The molecule has 1 saturated heterocycles. The van der Waals surface area contributed by atoms with E-state index in [2.05, 4.69) is 5.32 Å². The van der Waals surface area contributed by atoms with Crippen LogP contribution >= 0.6 is 0 Å². The maximum Gasteiger partial charge on any atom is 0.258 e. The van der Waals surface area contributed by atoms with Gasteiger partial charge in [0, 0.05) is 0 Å². The lowest BCUT2D eigenvalue weighted by molar-refractivity contribution is -0.143. The molecule has 106 valence electrons. The Kier molecular flexibility index (Phi) is 3.33. The minimum absolute atomic E-state index is 0.138. The molecule has 0 radical (unpaired) electrons. The SMILES string of the molecule is Cc1cccc(C(=O)N2CC(=O)NC(=O)C2(C)C)c1F. The van der Waals surface area contributed by atoms with Crippen molar-refractivity contribution in [2.45, 2.75) is 26.3 Å². The molecule has 20 heavy (non-hydrogen) atoms. The van der Waals surface area contributed by atoms with Crippen LogP contribution in [0.2, 0.25) is 0 Å². The summed E-state index contributed by atoms with van der Waals surface area (Å²) in [5.74, 6) is -2.45. The van der Waals surface area contributed by atoms with E-state index in [0.717, 1.165) is 4.90 Å². The van der Waals surface area contributed by atoms with Crippen molar-refractivity contribution in [3.63, 3.8) is 0 Å². The van der Waals surface area contributed by atoms with Crippen LogP contribution in [0, 0.1) is 12.7 Å². The highest BCUT2D eigenvalue weighted by molar-refractivity contribution is 6.08. The summed E-state index contributed by atoms with van der Waals surface area (Å²) in [5, 5.41) is 2.17. The number of carbonyl (C=O) groups is 3. The van der Waals surface area contributed by atoms with Crippen LogP contribution in [-0.2, 0) is 9.59 Å². The first kappa shape index (κ1) is 14.2. The van der Waals surface area contributed by atoms with Gasteiger partial charge in [0.1, 0.15) is 17.9 Å². The molecule has 0 aromatic heterocycles. The zero-order chi connectivity index (χ0) is 15.1. The fraction of sp³-hybridized carbons (Fsp3) is 0.357. The number of hydrogen-bond acceptors (Lipinski definition) is 3. The van der Waals surface area contributed by atoms with Gasteiger partial charge in [-0.1, -0.05) is 12.1 Å². The summed E-state index contributed by atoms with van der Waals surface area (Å²) in [7, 11) is 0. The predicted molar refractivity (Wildman–Crippen MR) is 69.4 cm³/mol. The van der Waals surface area contributed by atoms with E-state index in [1.54, 1.807) is 19.1 Å². The molecule has 0 bridgehead atoms. The van der Waals surface area contributed by atoms with Gasteiger partial charge >= 0.3 is 0 Å². The fourth-order valence-electron chi connectivity index (χ4n) is 2.07. The van der Waals surface area contributed by atoms with Gasteiger partial charge in [-0.3, -0.25) is 19.7 Å². The van der Waals surface area contributed by atoms with Crippen molar-refractivity contribution in [1.29, 1.82) is 0 Å². The molecule has 6 heteroatoms. The summed E-state index contributed by atoms with van der Waals surface area (Å²) in [6.07, 6.45) is 0. The van der Waals surface area contributed by atoms with Crippen LogP contribution < -0.4 is 5.32 Å². The van der Waals surface area contributed by atoms with Gasteiger partial charge < -0.3 is 4.90 Å². The summed E-state index contributed by atoms with van der Waals surface area (Å²) in [6.45, 7) is 4.30. The van der Waals surface area contributed by atoms with E-state index >= 15 is 0 Å². The zero-order valence-corrected chi connectivity index (χ0v) is 11.5. The molecule has 0 spiro atoms.